The van der Waals surface area contributed by atoms with Crippen LogP contribution in [0.15, 0.2) is 36.4 Å². The predicted octanol–water partition coefficient (Wildman–Crippen LogP) is 11.9. The molecule has 254 valence electrons. The van der Waals surface area contributed by atoms with Crippen LogP contribution in [0.1, 0.15) is 178 Å². The lowest BCUT2D eigenvalue weighted by Crippen LogP contribution is -2.18. The Bertz CT molecular complexity index is 1420. The monoisotopic (exact) mass is 628 g/mol. The number of rotatable bonds is 11. The fourth-order valence-electron chi connectivity index (χ4n) is 7.21. The fraction of sp³-hybridized carbons (Fsp3) is 0.581. The smallest absolute Gasteiger partial charge is 0.119 e. The van der Waals surface area contributed by atoms with Crippen LogP contribution < -0.4 is 0 Å². The van der Waals surface area contributed by atoms with Gasteiger partial charge in [0.2, 0.25) is 0 Å². The minimum absolute atomic E-state index is 0.0582. The van der Waals surface area contributed by atoms with Gasteiger partial charge in [0, 0.05) is 5.92 Å². The number of phenolic OH excluding ortho intramolecular Hbond substituents is 3. The minimum atomic E-state index is -0.218. The zero-order chi connectivity index (χ0) is 34.8. The average Bonchev–Trinajstić information content (AvgIpc) is 2.91. The number of hydrogen-bond donors (Lipinski definition) is 3. The molecule has 0 saturated heterocycles. The number of benzene rings is 3. The van der Waals surface area contributed by atoms with Crippen LogP contribution in [-0.2, 0) is 35.5 Å². The lowest BCUT2D eigenvalue weighted by molar-refractivity contribution is 0.444. The summed E-state index contributed by atoms with van der Waals surface area (Å²) in [6, 6.07) is 12.9. The van der Waals surface area contributed by atoms with Crippen LogP contribution >= 0.6 is 0 Å². The Hall–Kier alpha value is -2.94. The van der Waals surface area contributed by atoms with Crippen molar-refractivity contribution in [3.05, 3.63) is 86.5 Å². The first kappa shape index (κ1) is 37.5. The molecule has 0 fully saturated rings. The molecule has 3 heteroatoms. The first-order chi connectivity index (χ1) is 21.2. The molecule has 0 spiro atoms. The van der Waals surface area contributed by atoms with Crippen molar-refractivity contribution in [3.8, 4) is 17.2 Å². The molecule has 1 atom stereocenters. The second-order valence-electron chi connectivity index (χ2n) is 16.9. The number of hydrogen-bond acceptors (Lipinski definition) is 3. The number of aryl methyl sites for hydroxylation is 3. The Kier molecular flexibility index (Phi) is 11.8. The third-order valence-electron chi connectivity index (χ3n) is 9.63. The molecular formula is C43H64O3. The van der Waals surface area contributed by atoms with E-state index in [-0.39, 0.29) is 28.1 Å². The van der Waals surface area contributed by atoms with Crippen LogP contribution in [0.4, 0.5) is 0 Å². The first-order valence-electron chi connectivity index (χ1n) is 17.8. The maximum atomic E-state index is 11.3. The molecule has 0 heterocycles. The van der Waals surface area contributed by atoms with E-state index >= 15 is 0 Å². The van der Waals surface area contributed by atoms with Crippen molar-refractivity contribution in [1.82, 2.24) is 0 Å². The van der Waals surface area contributed by atoms with Gasteiger partial charge in [0.1, 0.15) is 17.2 Å². The van der Waals surface area contributed by atoms with Gasteiger partial charge in [-0.1, -0.05) is 127 Å². The van der Waals surface area contributed by atoms with E-state index < -0.39 is 0 Å². The third kappa shape index (κ3) is 8.50. The van der Waals surface area contributed by atoms with E-state index in [4.69, 9.17) is 0 Å². The summed E-state index contributed by atoms with van der Waals surface area (Å²) < 4.78 is 0. The molecule has 0 radical (unpaired) electrons. The SMILES string of the molecule is CCCc1cc(O)c(C(C)(C)C)cc1C(C)CC(c1cc(C(C)(C)C)c(O)cc1CCC)c1cc(C(C)(C)C)c(O)cc1CCC. The predicted molar refractivity (Wildman–Crippen MR) is 197 cm³/mol. The summed E-state index contributed by atoms with van der Waals surface area (Å²) in [7, 11) is 0. The highest BCUT2D eigenvalue weighted by atomic mass is 16.3. The molecule has 3 aromatic rings. The van der Waals surface area contributed by atoms with E-state index in [1.54, 1.807) is 0 Å². The van der Waals surface area contributed by atoms with Gasteiger partial charge in [-0.3, -0.25) is 0 Å². The molecule has 3 N–H and O–H groups in total. The summed E-state index contributed by atoms with van der Waals surface area (Å²) in [4.78, 5) is 0. The molecule has 3 aromatic carbocycles. The molecule has 3 nitrogen and oxygen atoms in total. The van der Waals surface area contributed by atoms with Crippen LogP contribution in [0.3, 0.4) is 0 Å². The standard InChI is InChI=1S/C43H64O3/c1-14-17-28-21-38(44)35(41(5,6)7)24-31(28)27(4)20-34(32-25-36(42(8,9)10)39(45)22-29(32)18-15-2)33-26-37(43(11,12)13)40(46)23-30(33)19-16-3/h21-27,34,44-46H,14-20H2,1-13H3. The zero-order valence-electron chi connectivity index (χ0n) is 31.4. The average molecular weight is 629 g/mol. The van der Waals surface area contributed by atoms with Crippen LogP contribution in [-0.4, -0.2) is 15.3 Å². The quantitative estimate of drug-likeness (QED) is 0.198. The summed E-state index contributed by atoms with van der Waals surface area (Å²) in [5, 5.41) is 33.7. The Morgan fingerprint density at radius 3 is 1.04 bits per heavy atom. The Morgan fingerprint density at radius 1 is 0.478 bits per heavy atom. The number of aromatic hydroxyl groups is 3. The van der Waals surface area contributed by atoms with Crippen molar-refractivity contribution in [2.24, 2.45) is 0 Å². The highest BCUT2D eigenvalue weighted by Crippen LogP contribution is 2.46. The molecule has 0 aliphatic rings. The van der Waals surface area contributed by atoms with Gasteiger partial charge >= 0.3 is 0 Å². The fourth-order valence-corrected chi connectivity index (χ4v) is 7.21. The summed E-state index contributed by atoms with van der Waals surface area (Å²) >= 11 is 0. The Morgan fingerprint density at radius 2 is 0.761 bits per heavy atom. The molecule has 0 saturated carbocycles. The van der Waals surface area contributed by atoms with Crippen molar-refractivity contribution in [1.29, 1.82) is 0 Å². The van der Waals surface area contributed by atoms with Crippen LogP contribution in [0.25, 0.3) is 0 Å². The molecule has 1 unspecified atom stereocenters. The van der Waals surface area contributed by atoms with Crippen molar-refractivity contribution in [2.45, 2.75) is 163 Å². The van der Waals surface area contributed by atoms with Gasteiger partial charge in [-0.15, -0.1) is 0 Å². The summed E-state index contributed by atoms with van der Waals surface area (Å²) in [5.74, 6) is 1.40. The molecule has 0 aromatic heterocycles. The van der Waals surface area contributed by atoms with Crippen molar-refractivity contribution < 1.29 is 15.3 Å². The molecule has 0 aliphatic carbocycles. The zero-order valence-corrected chi connectivity index (χ0v) is 31.4. The summed E-state index contributed by atoms with van der Waals surface area (Å²) in [5.41, 5.74) is 9.83. The second kappa shape index (κ2) is 14.4. The van der Waals surface area contributed by atoms with Gasteiger partial charge in [-0.25, -0.2) is 0 Å². The van der Waals surface area contributed by atoms with Gasteiger partial charge in [0.15, 0.2) is 0 Å². The van der Waals surface area contributed by atoms with Gasteiger partial charge in [-0.2, -0.15) is 0 Å². The van der Waals surface area contributed by atoms with Crippen LogP contribution in [0, 0.1) is 0 Å². The van der Waals surface area contributed by atoms with Crippen molar-refractivity contribution in [2.75, 3.05) is 0 Å². The van der Waals surface area contributed by atoms with Gasteiger partial charge < -0.3 is 15.3 Å². The van der Waals surface area contributed by atoms with Gasteiger partial charge in [-0.05, 0) is 116 Å². The highest BCUT2D eigenvalue weighted by molar-refractivity contribution is 5.54. The summed E-state index contributed by atoms with van der Waals surface area (Å²) in [6.45, 7) is 28.5. The molecular weight excluding hydrogens is 564 g/mol. The molecule has 0 aliphatic heterocycles. The van der Waals surface area contributed by atoms with E-state index in [0.29, 0.717) is 17.2 Å². The lowest BCUT2D eigenvalue weighted by atomic mass is 9.72. The molecule has 46 heavy (non-hydrogen) atoms. The normalized spacial score (nSPS) is 13.4. The number of phenols is 3. The molecule has 3 rings (SSSR count). The van der Waals surface area contributed by atoms with Crippen LogP contribution in [0.2, 0.25) is 0 Å². The van der Waals surface area contributed by atoms with Crippen molar-refractivity contribution in [3.63, 3.8) is 0 Å². The van der Waals surface area contributed by atoms with Gasteiger partial charge in [0.05, 0.1) is 0 Å². The first-order valence-corrected chi connectivity index (χ1v) is 17.8. The largest absolute Gasteiger partial charge is 0.508 e. The van der Waals surface area contributed by atoms with E-state index in [9.17, 15) is 15.3 Å². The summed E-state index contributed by atoms with van der Waals surface area (Å²) in [6.07, 6.45) is 6.56. The van der Waals surface area contributed by atoms with Gasteiger partial charge in [0.25, 0.3) is 0 Å². The highest BCUT2D eigenvalue weighted by Gasteiger charge is 2.31. The minimum Gasteiger partial charge on any atom is -0.508 e. The third-order valence-corrected chi connectivity index (χ3v) is 9.63. The van der Waals surface area contributed by atoms with E-state index in [1.807, 2.05) is 18.2 Å². The lowest BCUT2D eigenvalue weighted by Gasteiger charge is -2.32. The second-order valence-corrected chi connectivity index (χ2v) is 16.9. The maximum absolute atomic E-state index is 11.3. The van der Waals surface area contributed by atoms with E-state index in [2.05, 4.69) is 108 Å². The van der Waals surface area contributed by atoms with E-state index in [1.165, 1.54) is 33.4 Å². The Labute approximate surface area is 281 Å². The Balaban J connectivity index is 2.43. The maximum Gasteiger partial charge on any atom is 0.119 e. The molecule has 0 bridgehead atoms. The van der Waals surface area contributed by atoms with E-state index in [0.717, 1.165) is 61.6 Å². The topological polar surface area (TPSA) is 60.7 Å². The van der Waals surface area contributed by atoms with Crippen molar-refractivity contribution >= 4 is 0 Å². The molecule has 0 amide bonds. The van der Waals surface area contributed by atoms with Crippen LogP contribution in [0.5, 0.6) is 17.2 Å².